The highest BCUT2D eigenvalue weighted by molar-refractivity contribution is 5.81. The molecule has 0 spiro atoms. The lowest BCUT2D eigenvalue weighted by atomic mass is 10.1. The Morgan fingerprint density at radius 2 is 1.67 bits per heavy atom. The summed E-state index contributed by atoms with van der Waals surface area (Å²) in [6, 6.07) is 14.2. The van der Waals surface area contributed by atoms with Crippen molar-refractivity contribution >= 4 is 5.91 Å². The molecule has 0 saturated carbocycles. The maximum Gasteiger partial charge on any atom is 0.261 e. The zero-order valence-electron chi connectivity index (χ0n) is 15.2. The Labute approximate surface area is 145 Å². The van der Waals surface area contributed by atoms with Gasteiger partial charge in [-0.05, 0) is 51.3 Å². The third kappa shape index (κ3) is 4.60. The molecular weight excluding hydrogens is 298 g/mol. The molecule has 0 saturated heterocycles. The van der Waals surface area contributed by atoms with E-state index in [1.165, 1.54) is 11.1 Å². The number of ether oxygens (including phenoxy) is 1. The van der Waals surface area contributed by atoms with Crippen molar-refractivity contribution in [2.45, 2.75) is 53.2 Å². The van der Waals surface area contributed by atoms with E-state index in [-0.39, 0.29) is 11.9 Å². The third-order valence-corrected chi connectivity index (χ3v) is 4.20. The van der Waals surface area contributed by atoms with E-state index in [4.69, 9.17) is 4.74 Å². The van der Waals surface area contributed by atoms with Gasteiger partial charge in [0.1, 0.15) is 5.75 Å². The van der Waals surface area contributed by atoms with Crippen molar-refractivity contribution in [1.82, 2.24) is 5.32 Å². The number of aryl methyl sites for hydroxylation is 3. The first-order valence-electron chi connectivity index (χ1n) is 8.51. The Bertz CT molecular complexity index is 691. The number of hydrogen-bond acceptors (Lipinski definition) is 2. The highest BCUT2D eigenvalue weighted by Crippen LogP contribution is 2.21. The number of carbonyl (C=O) groups excluding carboxylic acids is 1. The average Bonchev–Trinajstić information content (AvgIpc) is 2.54. The second kappa shape index (κ2) is 8.00. The zero-order valence-corrected chi connectivity index (χ0v) is 15.2. The topological polar surface area (TPSA) is 38.3 Å². The van der Waals surface area contributed by atoms with Gasteiger partial charge in [0.05, 0.1) is 6.04 Å². The Hall–Kier alpha value is -2.29. The molecule has 2 aromatic rings. The molecule has 0 heterocycles. The van der Waals surface area contributed by atoms with Crippen LogP contribution in [0.25, 0.3) is 0 Å². The number of benzene rings is 2. The van der Waals surface area contributed by atoms with Gasteiger partial charge in [0.2, 0.25) is 0 Å². The molecule has 0 aliphatic heterocycles. The second-order valence-electron chi connectivity index (χ2n) is 6.42. The van der Waals surface area contributed by atoms with E-state index in [9.17, 15) is 4.79 Å². The van der Waals surface area contributed by atoms with Crippen molar-refractivity contribution < 1.29 is 9.53 Å². The summed E-state index contributed by atoms with van der Waals surface area (Å²) in [4.78, 5) is 12.6. The Balaban J connectivity index is 2.04. The van der Waals surface area contributed by atoms with Gasteiger partial charge in [0.15, 0.2) is 6.10 Å². The molecule has 1 amide bonds. The van der Waals surface area contributed by atoms with Crippen LogP contribution in [0.5, 0.6) is 5.75 Å². The first-order valence-corrected chi connectivity index (χ1v) is 8.51. The SMILES string of the molecule is CCC(Oc1ccc(C)cc1C)C(=O)NC(C)c1ccc(C)cc1. The standard InChI is InChI=1S/C21H27NO2/c1-6-19(24-20-12-9-15(3)13-16(20)4)21(23)22-17(5)18-10-7-14(2)8-11-18/h7-13,17,19H,6H2,1-5H3,(H,22,23). The van der Waals surface area contributed by atoms with E-state index in [0.29, 0.717) is 6.42 Å². The number of hydrogen-bond donors (Lipinski definition) is 1. The first-order chi connectivity index (χ1) is 11.4. The number of rotatable bonds is 6. The normalized spacial score (nSPS) is 13.2. The molecule has 3 nitrogen and oxygen atoms in total. The molecule has 0 aliphatic carbocycles. The molecule has 2 aromatic carbocycles. The number of carbonyl (C=O) groups is 1. The molecule has 1 N–H and O–H groups in total. The van der Waals surface area contributed by atoms with Gasteiger partial charge in [0.25, 0.3) is 5.91 Å². The van der Waals surface area contributed by atoms with Gasteiger partial charge >= 0.3 is 0 Å². The maximum atomic E-state index is 12.6. The van der Waals surface area contributed by atoms with Gasteiger partial charge in [-0.15, -0.1) is 0 Å². The molecule has 2 unspecified atom stereocenters. The summed E-state index contributed by atoms with van der Waals surface area (Å²) in [7, 11) is 0. The van der Waals surface area contributed by atoms with Crippen LogP contribution in [0.15, 0.2) is 42.5 Å². The lowest BCUT2D eigenvalue weighted by Gasteiger charge is -2.22. The fourth-order valence-electron chi connectivity index (χ4n) is 2.65. The summed E-state index contributed by atoms with van der Waals surface area (Å²) in [6.45, 7) is 10.1. The van der Waals surface area contributed by atoms with Gasteiger partial charge in [-0.25, -0.2) is 0 Å². The van der Waals surface area contributed by atoms with E-state index in [1.807, 2.05) is 52.0 Å². The van der Waals surface area contributed by atoms with Gasteiger partial charge in [-0.3, -0.25) is 4.79 Å². The van der Waals surface area contributed by atoms with E-state index in [2.05, 4.69) is 30.4 Å². The van der Waals surface area contributed by atoms with E-state index >= 15 is 0 Å². The van der Waals surface area contributed by atoms with E-state index in [1.54, 1.807) is 0 Å². The Morgan fingerprint density at radius 1 is 1.04 bits per heavy atom. The van der Waals surface area contributed by atoms with Crippen LogP contribution in [0.1, 0.15) is 48.6 Å². The quantitative estimate of drug-likeness (QED) is 0.840. The zero-order chi connectivity index (χ0) is 17.7. The predicted molar refractivity (Wildman–Crippen MR) is 98.4 cm³/mol. The molecule has 3 heteroatoms. The fourth-order valence-corrected chi connectivity index (χ4v) is 2.65. The molecule has 0 aliphatic rings. The minimum Gasteiger partial charge on any atom is -0.480 e. The minimum absolute atomic E-state index is 0.0464. The fraction of sp³-hybridized carbons (Fsp3) is 0.381. The molecule has 128 valence electrons. The minimum atomic E-state index is -0.487. The van der Waals surface area contributed by atoms with Crippen LogP contribution in [0, 0.1) is 20.8 Å². The van der Waals surface area contributed by atoms with Gasteiger partial charge in [-0.1, -0.05) is 54.4 Å². The highest BCUT2D eigenvalue weighted by Gasteiger charge is 2.21. The van der Waals surface area contributed by atoms with Crippen molar-refractivity contribution in [2.75, 3.05) is 0 Å². The predicted octanol–water partition coefficient (Wildman–Crippen LogP) is 4.65. The van der Waals surface area contributed by atoms with Crippen LogP contribution >= 0.6 is 0 Å². The van der Waals surface area contributed by atoms with Crippen LogP contribution in [0.3, 0.4) is 0 Å². The highest BCUT2D eigenvalue weighted by atomic mass is 16.5. The van der Waals surface area contributed by atoms with Gasteiger partial charge in [-0.2, -0.15) is 0 Å². The van der Waals surface area contributed by atoms with Crippen LogP contribution in [-0.2, 0) is 4.79 Å². The van der Waals surface area contributed by atoms with Crippen molar-refractivity contribution in [3.8, 4) is 5.75 Å². The summed E-state index contributed by atoms with van der Waals surface area (Å²) in [6.07, 6.45) is 0.138. The number of nitrogens with one attached hydrogen (secondary N) is 1. The van der Waals surface area contributed by atoms with Crippen molar-refractivity contribution in [3.63, 3.8) is 0 Å². The summed E-state index contributed by atoms with van der Waals surface area (Å²) in [5.41, 5.74) is 4.54. The molecule has 0 aromatic heterocycles. The molecule has 0 fully saturated rings. The molecule has 2 atom stereocenters. The Morgan fingerprint density at radius 3 is 2.25 bits per heavy atom. The summed E-state index contributed by atoms with van der Waals surface area (Å²) in [5.74, 6) is 0.691. The molecular formula is C21H27NO2. The van der Waals surface area contributed by atoms with E-state index < -0.39 is 6.10 Å². The van der Waals surface area contributed by atoms with Gasteiger partial charge < -0.3 is 10.1 Å². The summed E-state index contributed by atoms with van der Waals surface area (Å²) < 4.78 is 5.96. The molecule has 0 bridgehead atoms. The van der Waals surface area contributed by atoms with E-state index in [0.717, 1.165) is 16.9 Å². The number of amides is 1. The van der Waals surface area contributed by atoms with Crippen LogP contribution < -0.4 is 10.1 Å². The van der Waals surface area contributed by atoms with Crippen LogP contribution in [0.4, 0.5) is 0 Å². The summed E-state index contributed by atoms with van der Waals surface area (Å²) >= 11 is 0. The molecule has 0 radical (unpaired) electrons. The van der Waals surface area contributed by atoms with Crippen LogP contribution in [0.2, 0.25) is 0 Å². The largest absolute Gasteiger partial charge is 0.480 e. The molecule has 24 heavy (non-hydrogen) atoms. The maximum absolute atomic E-state index is 12.6. The monoisotopic (exact) mass is 325 g/mol. The van der Waals surface area contributed by atoms with Crippen molar-refractivity contribution in [2.24, 2.45) is 0 Å². The van der Waals surface area contributed by atoms with Crippen molar-refractivity contribution in [3.05, 3.63) is 64.7 Å². The lowest BCUT2D eigenvalue weighted by molar-refractivity contribution is -0.128. The van der Waals surface area contributed by atoms with Crippen LogP contribution in [-0.4, -0.2) is 12.0 Å². The third-order valence-electron chi connectivity index (χ3n) is 4.20. The lowest BCUT2D eigenvalue weighted by Crippen LogP contribution is -2.39. The van der Waals surface area contributed by atoms with Crippen molar-refractivity contribution in [1.29, 1.82) is 0 Å². The smallest absolute Gasteiger partial charge is 0.261 e. The molecule has 2 rings (SSSR count). The average molecular weight is 325 g/mol. The van der Waals surface area contributed by atoms with Gasteiger partial charge in [0, 0.05) is 0 Å². The summed E-state index contributed by atoms with van der Waals surface area (Å²) in [5, 5.41) is 3.05. The Kier molecular flexibility index (Phi) is 6.02. The first kappa shape index (κ1) is 18.1. The second-order valence-corrected chi connectivity index (χ2v) is 6.42.